The largest absolute Gasteiger partial charge is 0.494 e. The zero-order valence-electron chi connectivity index (χ0n) is 17.4. The van der Waals surface area contributed by atoms with Gasteiger partial charge in [-0.05, 0) is 36.9 Å². The van der Waals surface area contributed by atoms with E-state index in [2.05, 4.69) is 52.2 Å². The van der Waals surface area contributed by atoms with Crippen molar-refractivity contribution in [3.8, 4) is 5.75 Å². The van der Waals surface area contributed by atoms with Crippen LogP contribution in [0, 0.1) is 0 Å². The highest BCUT2D eigenvalue weighted by Crippen LogP contribution is 2.29. The standard InChI is InChI=1S/C23H26N6O/c1-27-10-12-28(13-11-27)18-8-6-16(7-9-18)14-17-15-20-19-4-3-5-21(30-2)22(19)25-23(24)29(20)26-17/h3-9,15H,10-14H2,1-2H3,(H2,24,25). The number of aromatic nitrogens is 3. The fraction of sp³-hybridized carbons (Fsp3) is 0.304. The van der Waals surface area contributed by atoms with Crippen LogP contribution in [0.4, 0.5) is 11.6 Å². The molecule has 0 radical (unpaired) electrons. The molecule has 4 aromatic rings. The molecule has 0 saturated carbocycles. The summed E-state index contributed by atoms with van der Waals surface area (Å²) in [5.74, 6) is 1.07. The van der Waals surface area contributed by atoms with E-state index >= 15 is 0 Å². The topological polar surface area (TPSA) is 71.9 Å². The van der Waals surface area contributed by atoms with Gasteiger partial charge in [0.1, 0.15) is 11.3 Å². The van der Waals surface area contributed by atoms with Crippen molar-refractivity contribution in [2.75, 3.05) is 51.0 Å². The van der Waals surface area contributed by atoms with Crippen molar-refractivity contribution in [3.63, 3.8) is 0 Å². The van der Waals surface area contributed by atoms with Crippen molar-refractivity contribution in [2.45, 2.75) is 6.42 Å². The zero-order valence-corrected chi connectivity index (χ0v) is 17.4. The number of nitrogen functional groups attached to an aromatic ring is 1. The van der Waals surface area contributed by atoms with E-state index in [0.29, 0.717) is 11.7 Å². The average Bonchev–Trinajstić information content (AvgIpc) is 3.19. The van der Waals surface area contributed by atoms with Gasteiger partial charge in [0.05, 0.1) is 18.3 Å². The fourth-order valence-electron chi connectivity index (χ4n) is 4.15. The number of nitrogens with zero attached hydrogens (tertiary/aromatic N) is 5. The molecule has 3 heterocycles. The van der Waals surface area contributed by atoms with Crippen molar-refractivity contribution in [1.29, 1.82) is 0 Å². The molecule has 0 aliphatic carbocycles. The maximum Gasteiger partial charge on any atom is 0.222 e. The van der Waals surface area contributed by atoms with E-state index in [0.717, 1.165) is 54.7 Å². The van der Waals surface area contributed by atoms with E-state index < -0.39 is 0 Å². The fourth-order valence-corrected chi connectivity index (χ4v) is 4.15. The number of hydrogen-bond donors (Lipinski definition) is 1. The lowest BCUT2D eigenvalue weighted by molar-refractivity contribution is 0.313. The van der Waals surface area contributed by atoms with Gasteiger partial charge in [0.25, 0.3) is 0 Å². The number of fused-ring (bicyclic) bond motifs is 3. The molecule has 7 nitrogen and oxygen atoms in total. The molecule has 0 spiro atoms. The Morgan fingerprint density at radius 2 is 1.80 bits per heavy atom. The Bertz CT molecular complexity index is 1190. The van der Waals surface area contributed by atoms with Crippen LogP contribution in [0.25, 0.3) is 16.4 Å². The SMILES string of the molecule is COc1cccc2c1nc(N)n1nc(Cc3ccc(N4CCN(C)CC4)cc3)cc21. The molecule has 1 saturated heterocycles. The Kier molecular flexibility index (Phi) is 4.67. The number of anilines is 2. The molecular formula is C23H26N6O. The molecule has 7 heteroatoms. The number of para-hydroxylation sites is 1. The van der Waals surface area contributed by atoms with Crippen LogP contribution in [-0.2, 0) is 6.42 Å². The van der Waals surface area contributed by atoms with Gasteiger partial charge in [0.15, 0.2) is 0 Å². The summed E-state index contributed by atoms with van der Waals surface area (Å²) in [6, 6.07) is 16.8. The molecule has 0 atom stereocenters. The summed E-state index contributed by atoms with van der Waals surface area (Å²) < 4.78 is 7.16. The van der Waals surface area contributed by atoms with Crippen molar-refractivity contribution in [1.82, 2.24) is 19.5 Å². The molecule has 2 aromatic heterocycles. The highest BCUT2D eigenvalue weighted by Gasteiger charge is 2.15. The number of ether oxygens (including phenoxy) is 1. The van der Waals surface area contributed by atoms with Gasteiger partial charge in [0, 0.05) is 43.7 Å². The molecule has 5 rings (SSSR count). The van der Waals surface area contributed by atoms with Crippen LogP contribution >= 0.6 is 0 Å². The van der Waals surface area contributed by atoms with Gasteiger partial charge in [-0.2, -0.15) is 9.61 Å². The highest BCUT2D eigenvalue weighted by molar-refractivity contribution is 5.97. The first-order valence-electron chi connectivity index (χ1n) is 10.3. The molecule has 1 aliphatic heterocycles. The lowest BCUT2D eigenvalue weighted by Gasteiger charge is -2.34. The molecule has 1 fully saturated rings. The van der Waals surface area contributed by atoms with Crippen molar-refractivity contribution >= 4 is 28.1 Å². The Morgan fingerprint density at radius 3 is 2.53 bits per heavy atom. The maximum absolute atomic E-state index is 6.19. The second-order valence-electron chi connectivity index (χ2n) is 7.89. The van der Waals surface area contributed by atoms with Crippen molar-refractivity contribution in [3.05, 3.63) is 59.8 Å². The molecule has 30 heavy (non-hydrogen) atoms. The Hall–Kier alpha value is -3.32. The smallest absolute Gasteiger partial charge is 0.222 e. The van der Waals surface area contributed by atoms with Gasteiger partial charge in [-0.3, -0.25) is 0 Å². The van der Waals surface area contributed by atoms with E-state index in [4.69, 9.17) is 15.6 Å². The number of hydrogen-bond acceptors (Lipinski definition) is 6. The number of nitrogens with two attached hydrogens (primary N) is 1. The van der Waals surface area contributed by atoms with Crippen LogP contribution < -0.4 is 15.4 Å². The first kappa shape index (κ1) is 18.7. The van der Waals surface area contributed by atoms with Gasteiger partial charge in [-0.25, -0.2) is 4.98 Å². The highest BCUT2D eigenvalue weighted by atomic mass is 16.5. The molecule has 2 aromatic carbocycles. The number of piperazine rings is 1. The predicted octanol–water partition coefficient (Wildman–Crippen LogP) is 2.82. The summed E-state index contributed by atoms with van der Waals surface area (Å²) in [5, 5.41) is 5.69. The molecule has 2 N–H and O–H groups in total. The van der Waals surface area contributed by atoms with Gasteiger partial charge >= 0.3 is 0 Å². The normalized spacial score (nSPS) is 15.2. The van der Waals surface area contributed by atoms with Crippen molar-refractivity contribution < 1.29 is 4.74 Å². The van der Waals surface area contributed by atoms with Crippen LogP contribution in [0.15, 0.2) is 48.5 Å². The molecule has 0 amide bonds. The second kappa shape index (κ2) is 7.50. The number of benzene rings is 2. The quantitative estimate of drug-likeness (QED) is 0.566. The third kappa shape index (κ3) is 3.31. The molecule has 1 aliphatic rings. The van der Waals surface area contributed by atoms with Gasteiger partial charge < -0.3 is 20.3 Å². The first-order chi connectivity index (χ1) is 14.6. The third-order valence-electron chi connectivity index (χ3n) is 5.89. The van der Waals surface area contributed by atoms with Gasteiger partial charge in [0.2, 0.25) is 5.95 Å². The lowest BCUT2D eigenvalue weighted by Crippen LogP contribution is -2.44. The maximum atomic E-state index is 6.19. The van der Waals surface area contributed by atoms with Crippen LogP contribution in [-0.4, -0.2) is 59.8 Å². The van der Waals surface area contributed by atoms with Crippen molar-refractivity contribution in [2.24, 2.45) is 0 Å². The van der Waals surface area contributed by atoms with E-state index in [-0.39, 0.29) is 0 Å². The Balaban J connectivity index is 1.43. The van der Waals surface area contributed by atoms with Crippen LogP contribution in [0.5, 0.6) is 5.75 Å². The monoisotopic (exact) mass is 402 g/mol. The van der Waals surface area contributed by atoms with Gasteiger partial charge in [-0.1, -0.05) is 24.3 Å². The van der Waals surface area contributed by atoms with Gasteiger partial charge in [-0.15, -0.1) is 0 Å². The number of likely N-dealkylation sites (N-methyl/N-ethyl adjacent to an activating group) is 1. The number of rotatable bonds is 4. The van der Waals surface area contributed by atoms with E-state index in [9.17, 15) is 0 Å². The first-order valence-corrected chi connectivity index (χ1v) is 10.3. The second-order valence-corrected chi connectivity index (χ2v) is 7.89. The van der Waals surface area contributed by atoms with Crippen LogP contribution in [0.1, 0.15) is 11.3 Å². The zero-order chi connectivity index (χ0) is 20.7. The number of methoxy groups -OCH3 is 1. The summed E-state index contributed by atoms with van der Waals surface area (Å²) >= 11 is 0. The van der Waals surface area contributed by atoms with E-state index in [1.807, 2.05) is 18.2 Å². The van der Waals surface area contributed by atoms with E-state index in [1.165, 1.54) is 11.3 Å². The summed E-state index contributed by atoms with van der Waals surface area (Å²) in [6.45, 7) is 4.37. The summed E-state index contributed by atoms with van der Waals surface area (Å²) in [6.07, 6.45) is 0.746. The van der Waals surface area contributed by atoms with Crippen LogP contribution in [0.3, 0.4) is 0 Å². The molecule has 154 valence electrons. The lowest BCUT2D eigenvalue weighted by atomic mass is 10.1. The minimum Gasteiger partial charge on any atom is -0.494 e. The molecule has 0 unspecified atom stereocenters. The third-order valence-corrected chi connectivity index (χ3v) is 5.89. The minimum atomic E-state index is 0.360. The van der Waals surface area contributed by atoms with E-state index in [1.54, 1.807) is 11.6 Å². The summed E-state index contributed by atoms with van der Waals surface area (Å²) in [4.78, 5) is 9.32. The summed E-state index contributed by atoms with van der Waals surface area (Å²) in [5.41, 5.74) is 11.4. The average molecular weight is 403 g/mol. The minimum absolute atomic E-state index is 0.360. The Morgan fingerprint density at radius 1 is 1.03 bits per heavy atom. The Labute approximate surface area is 175 Å². The predicted molar refractivity (Wildman–Crippen MR) is 120 cm³/mol. The molecule has 0 bridgehead atoms. The molecular weight excluding hydrogens is 376 g/mol. The summed E-state index contributed by atoms with van der Waals surface area (Å²) in [7, 11) is 3.82. The van der Waals surface area contributed by atoms with Crippen LogP contribution in [0.2, 0.25) is 0 Å².